The number of para-hydroxylation sites is 1. The molecule has 5 nitrogen and oxygen atoms in total. The van der Waals surface area contributed by atoms with Crippen LogP contribution in [0.15, 0.2) is 54.6 Å². The van der Waals surface area contributed by atoms with Crippen molar-refractivity contribution < 1.29 is 14.3 Å². The lowest BCUT2D eigenvalue weighted by Gasteiger charge is -2.44. The molecule has 0 unspecified atom stereocenters. The van der Waals surface area contributed by atoms with Gasteiger partial charge in [-0.2, -0.15) is 0 Å². The van der Waals surface area contributed by atoms with Crippen molar-refractivity contribution in [1.29, 1.82) is 0 Å². The third-order valence-electron chi connectivity index (χ3n) is 6.13. The van der Waals surface area contributed by atoms with E-state index in [1.807, 2.05) is 42.5 Å². The van der Waals surface area contributed by atoms with E-state index >= 15 is 0 Å². The van der Waals surface area contributed by atoms with E-state index in [0.29, 0.717) is 19.2 Å². The minimum Gasteiger partial charge on any atom is -0.496 e. The monoisotopic (exact) mass is 394 g/mol. The van der Waals surface area contributed by atoms with Crippen molar-refractivity contribution in [1.82, 2.24) is 10.2 Å². The lowest BCUT2D eigenvalue weighted by Crippen LogP contribution is -2.54. The van der Waals surface area contributed by atoms with Gasteiger partial charge in [-0.05, 0) is 24.5 Å². The predicted octanol–water partition coefficient (Wildman–Crippen LogP) is 3.70. The lowest BCUT2D eigenvalue weighted by atomic mass is 9.95. The Balaban J connectivity index is 1.54. The van der Waals surface area contributed by atoms with Gasteiger partial charge in [-0.3, -0.25) is 9.69 Å². The predicted molar refractivity (Wildman–Crippen MR) is 113 cm³/mol. The highest BCUT2D eigenvalue weighted by Crippen LogP contribution is 2.36. The molecule has 1 aliphatic heterocycles. The number of methoxy groups -OCH3 is 1. The van der Waals surface area contributed by atoms with E-state index in [1.54, 1.807) is 7.11 Å². The molecule has 1 N–H and O–H groups in total. The molecule has 2 aliphatic rings. The normalized spacial score (nSPS) is 23.1. The van der Waals surface area contributed by atoms with Gasteiger partial charge in [0.2, 0.25) is 0 Å². The highest BCUT2D eigenvalue weighted by Gasteiger charge is 2.41. The fraction of sp³-hybridized carbons (Fsp3) is 0.458. The number of hydrogen-bond donors (Lipinski definition) is 1. The van der Waals surface area contributed by atoms with Crippen molar-refractivity contribution in [3.63, 3.8) is 0 Å². The van der Waals surface area contributed by atoms with Crippen molar-refractivity contribution in [2.24, 2.45) is 0 Å². The zero-order valence-corrected chi connectivity index (χ0v) is 17.0. The zero-order chi connectivity index (χ0) is 20.1. The molecule has 2 fully saturated rings. The molecule has 154 valence electrons. The molecule has 0 spiro atoms. The van der Waals surface area contributed by atoms with Crippen LogP contribution in [0.2, 0.25) is 0 Å². The van der Waals surface area contributed by atoms with E-state index < -0.39 is 6.10 Å². The van der Waals surface area contributed by atoms with Crippen molar-refractivity contribution in [2.75, 3.05) is 20.3 Å². The van der Waals surface area contributed by atoms with Crippen LogP contribution in [0.4, 0.5) is 0 Å². The standard InChI is InChI=1S/C24H30N2O3/c1-28-21-14-8-5-11-19(21)17-25-24(27)23-22(18-9-3-2-4-10-18)26(15-16-29-23)20-12-6-7-13-20/h2-5,8-11,14,20,22-23H,6-7,12-13,15-17H2,1H3,(H,25,27)/t22-,23+/m0/s1. The summed E-state index contributed by atoms with van der Waals surface area (Å²) in [5.74, 6) is 0.719. The molecule has 1 saturated heterocycles. The molecule has 2 aromatic rings. The van der Waals surface area contributed by atoms with Gasteiger partial charge in [-0.25, -0.2) is 0 Å². The molecule has 1 aliphatic carbocycles. The van der Waals surface area contributed by atoms with E-state index in [4.69, 9.17) is 9.47 Å². The first kappa shape index (κ1) is 19.9. The second-order valence-electron chi connectivity index (χ2n) is 7.85. The van der Waals surface area contributed by atoms with Crippen LogP contribution >= 0.6 is 0 Å². The van der Waals surface area contributed by atoms with Crippen LogP contribution in [0.25, 0.3) is 0 Å². The Morgan fingerprint density at radius 1 is 1.10 bits per heavy atom. The number of amides is 1. The van der Waals surface area contributed by atoms with Gasteiger partial charge in [0.15, 0.2) is 6.10 Å². The number of benzene rings is 2. The number of carbonyl (C=O) groups is 1. The Kier molecular flexibility index (Phi) is 6.47. The Morgan fingerprint density at radius 3 is 2.59 bits per heavy atom. The molecule has 0 radical (unpaired) electrons. The first-order valence-electron chi connectivity index (χ1n) is 10.6. The van der Waals surface area contributed by atoms with Gasteiger partial charge in [0.1, 0.15) is 5.75 Å². The van der Waals surface area contributed by atoms with Crippen LogP contribution in [0.1, 0.15) is 42.9 Å². The summed E-state index contributed by atoms with van der Waals surface area (Å²) < 4.78 is 11.5. The minimum absolute atomic E-state index is 0.0503. The summed E-state index contributed by atoms with van der Waals surface area (Å²) in [4.78, 5) is 15.7. The van der Waals surface area contributed by atoms with Crippen molar-refractivity contribution in [2.45, 2.75) is 50.4 Å². The van der Waals surface area contributed by atoms with Crippen LogP contribution in [-0.4, -0.2) is 43.2 Å². The topological polar surface area (TPSA) is 50.8 Å². The molecule has 0 bridgehead atoms. The van der Waals surface area contributed by atoms with Gasteiger partial charge in [-0.15, -0.1) is 0 Å². The summed E-state index contributed by atoms with van der Waals surface area (Å²) in [5, 5.41) is 3.08. The van der Waals surface area contributed by atoms with E-state index in [2.05, 4.69) is 22.3 Å². The molecule has 4 rings (SSSR count). The molecule has 5 heteroatoms. The average Bonchev–Trinajstić information content (AvgIpc) is 3.32. The lowest BCUT2D eigenvalue weighted by molar-refractivity contribution is -0.148. The zero-order valence-electron chi connectivity index (χ0n) is 17.0. The molecular weight excluding hydrogens is 364 g/mol. The fourth-order valence-electron chi connectivity index (χ4n) is 4.70. The molecule has 1 heterocycles. The van der Waals surface area contributed by atoms with E-state index in [0.717, 1.165) is 23.4 Å². The number of hydrogen-bond acceptors (Lipinski definition) is 4. The first-order valence-corrected chi connectivity index (χ1v) is 10.6. The molecule has 2 atom stereocenters. The highest BCUT2D eigenvalue weighted by molar-refractivity contribution is 5.82. The summed E-state index contributed by atoms with van der Waals surface area (Å²) in [6.45, 7) is 1.89. The van der Waals surface area contributed by atoms with Gasteiger partial charge < -0.3 is 14.8 Å². The summed E-state index contributed by atoms with van der Waals surface area (Å²) in [7, 11) is 1.65. The van der Waals surface area contributed by atoms with Gasteiger partial charge >= 0.3 is 0 Å². The number of carbonyl (C=O) groups excluding carboxylic acids is 1. The third-order valence-corrected chi connectivity index (χ3v) is 6.13. The van der Waals surface area contributed by atoms with Crippen molar-refractivity contribution in [3.8, 4) is 5.75 Å². The van der Waals surface area contributed by atoms with Crippen LogP contribution in [-0.2, 0) is 16.1 Å². The maximum absolute atomic E-state index is 13.2. The van der Waals surface area contributed by atoms with Crippen LogP contribution in [0, 0.1) is 0 Å². The smallest absolute Gasteiger partial charge is 0.251 e. The summed E-state index contributed by atoms with van der Waals surface area (Å²) >= 11 is 0. The maximum atomic E-state index is 13.2. The average molecular weight is 395 g/mol. The molecule has 2 aromatic carbocycles. The minimum atomic E-state index is -0.513. The second-order valence-corrected chi connectivity index (χ2v) is 7.85. The summed E-state index contributed by atoms with van der Waals surface area (Å²) in [6.07, 6.45) is 4.45. The highest BCUT2D eigenvalue weighted by atomic mass is 16.5. The Bertz CT molecular complexity index is 805. The molecule has 0 aromatic heterocycles. The number of morpholine rings is 1. The van der Waals surface area contributed by atoms with Gasteiger partial charge in [0, 0.05) is 24.7 Å². The molecule has 1 amide bonds. The van der Waals surface area contributed by atoms with E-state index in [1.165, 1.54) is 25.7 Å². The van der Waals surface area contributed by atoms with E-state index in [9.17, 15) is 4.79 Å². The quantitative estimate of drug-likeness (QED) is 0.812. The largest absolute Gasteiger partial charge is 0.496 e. The van der Waals surface area contributed by atoms with Crippen LogP contribution in [0.3, 0.4) is 0 Å². The summed E-state index contributed by atoms with van der Waals surface area (Å²) in [6, 6.07) is 18.6. The van der Waals surface area contributed by atoms with Crippen LogP contribution in [0.5, 0.6) is 5.75 Å². The van der Waals surface area contributed by atoms with Crippen molar-refractivity contribution >= 4 is 5.91 Å². The second kappa shape index (κ2) is 9.42. The number of ether oxygens (including phenoxy) is 2. The SMILES string of the molecule is COc1ccccc1CNC(=O)[C@@H]1OCCN(C2CCCC2)[C@H]1c1ccccc1. The number of rotatable bonds is 6. The molecule has 29 heavy (non-hydrogen) atoms. The number of nitrogens with zero attached hydrogens (tertiary/aromatic N) is 1. The first-order chi connectivity index (χ1) is 14.3. The van der Waals surface area contributed by atoms with Crippen LogP contribution < -0.4 is 10.1 Å². The van der Waals surface area contributed by atoms with Crippen molar-refractivity contribution in [3.05, 3.63) is 65.7 Å². The summed E-state index contributed by atoms with van der Waals surface area (Å²) in [5.41, 5.74) is 2.11. The Morgan fingerprint density at radius 2 is 1.83 bits per heavy atom. The molecular formula is C24H30N2O3. The Hall–Kier alpha value is -2.37. The Labute approximate surface area is 173 Å². The third kappa shape index (κ3) is 4.46. The van der Waals surface area contributed by atoms with Gasteiger partial charge in [0.05, 0.1) is 19.8 Å². The molecule has 1 saturated carbocycles. The number of nitrogens with one attached hydrogen (secondary N) is 1. The van der Waals surface area contributed by atoms with E-state index in [-0.39, 0.29) is 11.9 Å². The van der Waals surface area contributed by atoms with Gasteiger partial charge in [0.25, 0.3) is 5.91 Å². The van der Waals surface area contributed by atoms with Gasteiger partial charge in [-0.1, -0.05) is 61.4 Å². The maximum Gasteiger partial charge on any atom is 0.251 e. The fourth-order valence-corrected chi connectivity index (χ4v) is 4.70.